The lowest BCUT2D eigenvalue weighted by atomic mass is 10.0. The Morgan fingerprint density at radius 2 is 1.65 bits per heavy atom. The van der Waals surface area contributed by atoms with Crippen LogP contribution in [0.25, 0.3) is 28.1 Å². The van der Waals surface area contributed by atoms with Crippen molar-refractivity contribution in [3.8, 4) is 34.0 Å². The van der Waals surface area contributed by atoms with Gasteiger partial charge in [-0.25, -0.2) is 0 Å². The first-order chi connectivity index (χ1) is 17.9. The maximum Gasteiger partial charge on any atom is 0.309 e. The van der Waals surface area contributed by atoms with Crippen molar-refractivity contribution in [2.75, 3.05) is 5.32 Å². The van der Waals surface area contributed by atoms with Gasteiger partial charge in [0.25, 0.3) is 5.91 Å². The van der Waals surface area contributed by atoms with Crippen LogP contribution in [0.1, 0.15) is 27.7 Å². The number of thiophene rings is 1. The van der Waals surface area contributed by atoms with Crippen LogP contribution in [0, 0.1) is 13.8 Å². The maximum atomic E-state index is 12.5. The van der Waals surface area contributed by atoms with E-state index in [2.05, 4.69) is 11.4 Å². The van der Waals surface area contributed by atoms with Crippen molar-refractivity contribution in [3.05, 3.63) is 106 Å². The van der Waals surface area contributed by atoms with Gasteiger partial charge < -0.3 is 10.1 Å². The Morgan fingerprint density at radius 3 is 2.30 bits per heavy atom. The van der Waals surface area contributed by atoms with E-state index >= 15 is 0 Å². The van der Waals surface area contributed by atoms with Crippen molar-refractivity contribution < 1.29 is 14.3 Å². The van der Waals surface area contributed by atoms with Crippen molar-refractivity contribution in [1.29, 1.82) is 0 Å². The summed E-state index contributed by atoms with van der Waals surface area (Å²) in [5, 5.41) is 9.74. The molecule has 0 atom stereocenters. The van der Waals surface area contributed by atoms with Crippen LogP contribution in [0.4, 0.5) is 5.69 Å². The Bertz CT molecular complexity index is 1570. The van der Waals surface area contributed by atoms with Crippen LogP contribution in [0.5, 0.6) is 5.88 Å². The highest BCUT2D eigenvalue weighted by molar-refractivity contribution is 7.12. The summed E-state index contributed by atoms with van der Waals surface area (Å²) >= 11 is 1.39. The zero-order valence-corrected chi connectivity index (χ0v) is 21.5. The lowest BCUT2D eigenvalue weighted by molar-refractivity contribution is -0.132. The van der Waals surface area contributed by atoms with Crippen LogP contribution in [0.15, 0.2) is 90.3 Å². The highest BCUT2D eigenvalue weighted by Crippen LogP contribution is 2.41. The van der Waals surface area contributed by atoms with E-state index in [0.717, 1.165) is 27.9 Å². The van der Waals surface area contributed by atoms with E-state index in [9.17, 15) is 9.59 Å². The number of hydrogen-bond acceptors (Lipinski definition) is 5. The number of nitrogens with one attached hydrogen (secondary N) is 1. The van der Waals surface area contributed by atoms with Crippen molar-refractivity contribution in [2.45, 2.75) is 20.8 Å². The van der Waals surface area contributed by atoms with Crippen molar-refractivity contribution in [2.24, 2.45) is 0 Å². The first kappa shape index (κ1) is 24.2. The molecule has 0 aliphatic heterocycles. The molecular formula is C30H25N3O3S. The van der Waals surface area contributed by atoms with Gasteiger partial charge in [-0.3, -0.25) is 9.59 Å². The fourth-order valence-electron chi connectivity index (χ4n) is 4.22. The van der Waals surface area contributed by atoms with Crippen molar-refractivity contribution >= 4 is 28.9 Å². The molecule has 0 fully saturated rings. The third-order valence-corrected chi connectivity index (χ3v) is 6.76. The van der Waals surface area contributed by atoms with Gasteiger partial charge in [0.05, 0.1) is 16.1 Å². The molecule has 0 saturated carbocycles. The number of carbonyl (C=O) groups excluding carboxylic acids is 2. The zero-order chi connectivity index (χ0) is 25.9. The number of carbonyl (C=O) groups is 2. The molecule has 1 N–H and O–H groups in total. The first-order valence-electron chi connectivity index (χ1n) is 11.8. The molecule has 2 heterocycles. The van der Waals surface area contributed by atoms with Gasteiger partial charge in [0.2, 0.25) is 5.88 Å². The predicted octanol–water partition coefficient (Wildman–Crippen LogP) is 7.06. The van der Waals surface area contributed by atoms with Gasteiger partial charge in [-0.15, -0.1) is 11.3 Å². The number of hydrogen-bond donors (Lipinski definition) is 1. The van der Waals surface area contributed by atoms with Gasteiger partial charge in [-0.1, -0.05) is 66.2 Å². The summed E-state index contributed by atoms with van der Waals surface area (Å²) in [6, 6.07) is 26.9. The molecule has 0 aliphatic rings. The van der Waals surface area contributed by atoms with Crippen LogP contribution < -0.4 is 10.1 Å². The van der Waals surface area contributed by atoms with Crippen LogP contribution in [0.2, 0.25) is 0 Å². The molecule has 1 amide bonds. The standard InChI is InChI=1S/C30H25N3O3S/c1-19-11-16-25(20(2)18-19)33-30(36-21(3)34)27(28(32-33)23-8-5-4-6-9-23)22-12-14-24(15-13-22)31-29(35)26-10-7-17-37-26/h4-18H,1-3H3,(H,31,35). The quantitative estimate of drug-likeness (QED) is 0.250. The highest BCUT2D eigenvalue weighted by Gasteiger charge is 2.25. The van der Waals surface area contributed by atoms with Crippen LogP contribution >= 0.6 is 11.3 Å². The number of benzene rings is 3. The molecule has 0 bridgehead atoms. The number of rotatable bonds is 6. The van der Waals surface area contributed by atoms with Crippen LogP contribution in [-0.2, 0) is 4.79 Å². The normalized spacial score (nSPS) is 10.8. The highest BCUT2D eigenvalue weighted by atomic mass is 32.1. The van der Waals surface area contributed by atoms with Crippen molar-refractivity contribution in [3.63, 3.8) is 0 Å². The molecule has 0 aliphatic carbocycles. The fourth-order valence-corrected chi connectivity index (χ4v) is 4.84. The minimum atomic E-state index is -0.438. The zero-order valence-electron chi connectivity index (χ0n) is 20.7. The molecule has 5 rings (SSSR count). The molecule has 5 aromatic rings. The van der Waals surface area contributed by atoms with E-state index < -0.39 is 5.97 Å². The average Bonchev–Trinajstić information content (AvgIpc) is 3.54. The molecule has 6 nitrogen and oxygen atoms in total. The largest absolute Gasteiger partial charge is 0.407 e. The van der Waals surface area contributed by atoms with Gasteiger partial charge >= 0.3 is 5.97 Å². The third kappa shape index (κ3) is 5.08. The monoisotopic (exact) mass is 507 g/mol. The Labute approximate surface area is 219 Å². The molecule has 0 unspecified atom stereocenters. The number of amides is 1. The molecule has 37 heavy (non-hydrogen) atoms. The maximum absolute atomic E-state index is 12.5. The van der Waals surface area contributed by atoms with E-state index in [0.29, 0.717) is 27.7 Å². The Kier molecular flexibility index (Phi) is 6.70. The number of nitrogens with zero attached hydrogens (tertiary/aromatic N) is 2. The van der Waals surface area contributed by atoms with E-state index in [1.165, 1.54) is 18.3 Å². The number of aryl methyl sites for hydroxylation is 2. The minimum absolute atomic E-state index is 0.156. The van der Waals surface area contributed by atoms with Gasteiger partial charge in [-0.05, 0) is 54.6 Å². The van der Waals surface area contributed by atoms with E-state index in [1.54, 1.807) is 10.7 Å². The summed E-state index contributed by atoms with van der Waals surface area (Å²) in [5.74, 6) is -0.253. The average molecular weight is 508 g/mol. The van der Waals surface area contributed by atoms with E-state index in [4.69, 9.17) is 9.84 Å². The predicted molar refractivity (Wildman–Crippen MR) is 147 cm³/mol. The van der Waals surface area contributed by atoms with E-state index in [1.807, 2.05) is 92.0 Å². The van der Waals surface area contributed by atoms with Gasteiger partial charge in [0.15, 0.2) is 0 Å². The lowest BCUT2D eigenvalue weighted by Gasteiger charge is -2.12. The summed E-state index contributed by atoms with van der Waals surface area (Å²) in [7, 11) is 0. The molecule has 184 valence electrons. The number of ether oxygens (including phenoxy) is 1. The van der Waals surface area contributed by atoms with Gasteiger partial charge in [-0.2, -0.15) is 9.78 Å². The summed E-state index contributed by atoms with van der Waals surface area (Å²) in [5.41, 5.74) is 6.71. The first-order valence-corrected chi connectivity index (χ1v) is 12.7. The molecular weight excluding hydrogens is 482 g/mol. The summed E-state index contributed by atoms with van der Waals surface area (Å²) in [6.07, 6.45) is 0. The summed E-state index contributed by atoms with van der Waals surface area (Å²) < 4.78 is 7.50. The third-order valence-electron chi connectivity index (χ3n) is 5.89. The van der Waals surface area contributed by atoms with Gasteiger partial charge in [0.1, 0.15) is 5.69 Å². The second-order valence-electron chi connectivity index (χ2n) is 8.70. The topological polar surface area (TPSA) is 73.2 Å². The molecule has 3 aromatic carbocycles. The van der Waals surface area contributed by atoms with Gasteiger partial charge in [0, 0.05) is 18.2 Å². The Balaban J connectivity index is 1.65. The van der Waals surface area contributed by atoms with Crippen LogP contribution in [-0.4, -0.2) is 21.7 Å². The molecule has 0 spiro atoms. The van der Waals surface area contributed by atoms with Crippen molar-refractivity contribution in [1.82, 2.24) is 9.78 Å². The van der Waals surface area contributed by atoms with Crippen LogP contribution in [0.3, 0.4) is 0 Å². The summed E-state index contributed by atoms with van der Waals surface area (Å²) in [4.78, 5) is 25.4. The molecule has 0 radical (unpaired) electrons. The second kappa shape index (κ2) is 10.2. The smallest absolute Gasteiger partial charge is 0.309 e. The SMILES string of the molecule is CC(=O)Oc1c(-c2ccc(NC(=O)c3cccs3)cc2)c(-c2ccccc2)nn1-c1ccc(C)cc1C. The number of anilines is 1. The molecule has 0 saturated heterocycles. The summed E-state index contributed by atoms with van der Waals surface area (Å²) in [6.45, 7) is 5.43. The second-order valence-corrected chi connectivity index (χ2v) is 9.65. The Morgan fingerprint density at radius 1 is 0.892 bits per heavy atom. The lowest BCUT2D eigenvalue weighted by Crippen LogP contribution is -2.10. The minimum Gasteiger partial charge on any atom is -0.407 e. The van der Waals surface area contributed by atoms with E-state index in [-0.39, 0.29) is 5.91 Å². The molecule has 7 heteroatoms. The number of esters is 1. The number of aromatic nitrogens is 2. The Hall–Kier alpha value is -4.49. The molecule has 2 aromatic heterocycles. The fraction of sp³-hybridized carbons (Fsp3) is 0.100.